The first-order chi connectivity index (χ1) is 11.2. The van der Waals surface area contributed by atoms with Crippen LogP contribution >= 0.6 is 0 Å². The molecule has 0 heterocycles. The minimum atomic E-state index is -0.539. The summed E-state index contributed by atoms with van der Waals surface area (Å²) in [4.78, 5) is 22.5. The maximum Gasteiger partial charge on any atom is 0.407 e. The molecule has 1 aromatic rings. The fourth-order valence-corrected chi connectivity index (χ4v) is 3.11. The molecule has 1 aromatic carbocycles. The summed E-state index contributed by atoms with van der Waals surface area (Å²) in [5.41, 5.74) is 6.87. The molecular formula is C17H25N3O4. The Hall–Kier alpha value is -2.31. The first kappa shape index (κ1) is 18.0. The number of amides is 1. The van der Waals surface area contributed by atoms with Crippen LogP contribution in [0, 0.1) is 10.1 Å². The Morgan fingerprint density at radius 3 is 2.71 bits per heavy atom. The number of non-ortho nitro benzene ring substituents is 1. The van der Waals surface area contributed by atoms with Crippen molar-refractivity contribution in [1.29, 1.82) is 0 Å². The fourth-order valence-electron chi connectivity index (χ4n) is 3.11. The highest BCUT2D eigenvalue weighted by atomic mass is 16.6. The zero-order valence-electron chi connectivity index (χ0n) is 14.4. The van der Waals surface area contributed by atoms with Crippen molar-refractivity contribution in [3.8, 4) is 0 Å². The standard InChI is InChI=1S/C17H25N3O4/c1-17(2,3)24-16(21)19-12-6-4-5-11(9-12)14-10-13(20(22)23)7-8-15(14)18/h7-8,10-12H,4-6,9,18H2,1-3H3,(H,19,21)/t11-,12-/m1/s1. The predicted octanol–water partition coefficient (Wildman–Crippen LogP) is 3.73. The number of anilines is 1. The summed E-state index contributed by atoms with van der Waals surface area (Å²) in [6.07, 6.45) is 2.96. The molecule has 0 bridgehead atoms. The Bertz CT molecular complexity index is 625. The van der Waals surface area contributed by atoms with Crippen LogP contribution in [0.25, 0.3) is 0 Å². The molecule has 0 radical (unpaired) electrons. The summed E-state index contributed by atoms with van der Waals surface area (Å²) in [7, 11) is 0. The molecule has 7 nitrogen and oxygen atoms in total. The number of alkyl carbamates (subject to hydrolysis) is 1. The maximum atomic E-state index is 11.9. The molecule has 1 fully saturated rings. The number of nitrogens with zero attached hydrogens (tertiary/aromatic N) is 1. The van der Waals surface area contributed by atoms with Gasteiger partial charge in [-0.15, -0.1) is 0 Å². The quantitative estimate of drug-likeness (QED) is 0.497. The number of nitrogens with one attached hydrogen (secondary N) is 1. The average Bonchev–Trinajstić information content (AvgIpc) is 2.45. The molecule has 2 atom stereocenters. The number of nitrogens with two attached hydrogens (primary N) is 1. The van der Waals surface area contributed by atoms with Crippen LogP contribution in [-0.4, -0.2) is 22.7 Å². The van der Waals surface area contributed by atoms with Crippen molar-refractivity contribution in [2.24, 2.45) is 0 Å². The van der Waals surface area contributed by atoms with Crippen molar-refractivity contribution in [2.75, 3.05) is 5.73 Å². The molecule has 7 heteroatoms. The number of hydrogen-bond donors (Lipinski definition) is 2. The molecule has 1 aliphatic rings. The minimum Gasteiger partial charge on any atom is -0.444 e. The average molecular weight is 335 g/mol. The van der Waals surface area contributed by atoms with Gasteiger partial charge in [-0.05, 0) is 57.6 Å². The molecule has 132 valence electrons. The number of nitrogen functional groups attached to an aromatic ring is 1. The highest BCUT2D eigenvalue weighted by Crippen LogP contribution is 2.37. The molecule has 0 aromatic heterocycles. The predicted molar refractivity (Wildman–Crippen MR) is 91.9 cm³/mol. The van der Waals surface area contributed by atoms with E-state index in [1.807, 2.05) is 20.8 Å². The lowest BCUT2D eigenvalue weighted by Crippen LogP contribution is -2.41. The zero-order chi connectivity index (χ0) is 17.9. The number of benzene rings is 1. The largest absolute Gasteiger partial charge is 0.444 e. The van der Waals surface area contributed by atoms with Crippen LogP contribution in [0.15, 0.2) is 18.2 Å². The van der Waals surface area contributed by atoms with Gasteiger partial charge in [0.25, 0.3) is 5.69 Å². The zero-order valence-corrected chi connectivity index (χ0v) is 14.4. The van der Waals surface area contributed by atoms with Crippen molar-refractivity contribution in [3.63, 3.8) is 0 Å². The van der Waals surface area contributed by atoms with E-state index in [0.717, 1.165) is 24.8 Å². The molecule has 0 spiro atoms. The lowest BCUT2D eigenvalue weighted by atomic mass is 9.80. The third-order valence-electron chi connectivity index (χ3n) is 4.12. The number of nitro groups is 1. The Kier molecular flexibility index (Phi) is 5.31. The molecule has 1 amide bonds. The van der Waals surface area contributed by atoms with Crippen molar-refractivity contribution in [2.45, 2.75) is 64.0 Å². The number of carbonyl (C=O) groups excluding carboxylic acids is 1. The second-order valence-corrected chi connectivity index (χ2v) is 7.28. The summed E-state index contributed by atoms with van der Waals surface area (Å²) >= 11 is 0. The van der Waals surface area contributed by atoms with Crippen LogP contribution in [0.5, 0.6) is 0 Å². The number of ether oxygens (including phenoxy) is 1. The van der Waals surface area contributed by atoms with E-state index in [1.165, 1.54) is 6.07 Å². The van der Waals surface area contributed by atoms with Crippen molar-refractivity contribution in [3.05, 3.63) is 33.9 Å². The summed E-state index contributed by atoms with van der Waals surface area (Å²) in [6, 6.07) is 4.53. The normalized spacial score (nSPS) is 21.1. The molecular weight excluding hydrogens is 310 g/mol. The van der Waals surface area contributed by atoms with Gasteiger partial charge in [-0.1, -0.05) is 6.42 Å². The third kappa shape index (κ3) is 4.84. The van der Waals surface area contributed by atoms with Gasteiger partial charge in [0.15, 0.2) is 0 Å². The Morgan fingerprint density at radius 2 is 2.08 bits per heavy atom. The molecule has 3 N–H and O–H groups in total. The van der Waals surface area contributed by atoms with Gasteiger partial charge in [0.2, 0.25) is 0 Å². The van der Waals surface area contributed by atoms with Crippen LogP contribution in [-0.2, 0) is 4.74 Å². The van der Waals surface area contributed by atoms with Crippen LogP contribution in [0.4, 0.5) is 16.2 Å². The first-order valence-corrected chi connectivity index (χ1v) is 8.19. The third-order valence-corrected chi connectivity index (χ3v) is 4.12. The van der Waals surface area contributed by atoms with E-state index in [0.29, 0.717) is 12.1 Å². The molecule has 1 saturated carbocycles. The highest BCUT2D eigenvalue weighted by Gasteiger charge is 2.28. The van der Waals surface area contributed by atoms with E-state index < -0.39 is 16.6 Å². The number of rotatable bonds is 3. The van der Waals surface area contributed by atoms with Gasteiger partial charge < -0.3 is 15.8 Å². The number of nitro benzene ring substituents is 1. The molecule has 0 unspecified atom stereocenters. The molecule has 0 aliphatic heterocycles. The van der Waals surface area contributed by atoms with E-state index in [9.17, 15) is 14.9 Å². The summed E-state index contributed by atoms with van der Waals surface area (Å²) < 4.78 is 5.29. The lowest BCUT2D eigenvalue weighted by Gasteiger charge is -2.31. The van der Waals surface area contributed by atoms with E-state index in [2.05, 4.69) is 5.32 Å². The molecule has 1 aliphatic carbocycles. The van der Waals surface area contributed by atoms with Crippen molar-refractivity contribution in [1.82, 2.24) is 5.32 Å². The lowest BCUT2D eigenvalue weighted by molar-refractivity contribution is -0.384. The molecule has 2 rings (SSSR count). The monoisotopic (exact) mass is 335 g/mol. The van der Waals surface area contributed by atoms with Gasteiger partial charge in [0.1, 0.15) is 5.60 Å². The fraction of sp³-hybridized carbons (Fsp3) is 0.588. The van der Waals surface area contributed by atoms with Crippen LogP contribution in [0.3, 0.4) is 0 Å². The van der Waals surface area contributed by atoms with E-state index in [4.69, 9.17) is 10.5 Å². The van der Waals surface area contributed by atoms with Crippen molar-refractivity contribution >= 4 is 17.5 Å². The molecule has 0 saturated heterocycles. The Labute approximate surface area is 141 Å². The second kappa shape index (κ2) is 7.07. The number of hydrogen-bond acceptors (Lipinski definition) is 5. The van der Waals surface area contributed by atoms with Gasteiger partial charge in [0, 0.05) is 23.9 Å². The Morgan fingerprint density at radius 1 is 1.38 bits per heavy atom. The summed E-state index contributed by atoms with van der Waals surface area (Å²) in [5.74, 6) is 0.0959. The number of carbonyl (C=O) groups is 1. The smallest absolute Gasteiger partial charge is 0.407 e. The molecule has 24 heavy (non-hydrogen) atoms. The van der Waals surface area contributed by atoms with Gasteiger partial charge in [0.05, 0.1) is 4.92 Å². The van der Waals surface area contributed by atoms with E-state index in [1.54, 1.807) is 12.1 Å². The van der Waals surface area contributed by atoms with Gasteiger partial charge in [-0.3, -0.25) is 10.1 Å². The SMILES string of the molecule is CC(C)(C)OC(=O)N[C@@H]1CCC[C@@H](c2cc([N+](=O)[O-])ccc2N)C1. The van der Waals surface area contributed by atoms with Crippen LogP contribution in [0.1, 0.15) is 57.9 Å². The first-order valence-electron chi connectivity index (χ1n) is 8.19. The summed E-state index contributed by atoms with van der Waals surface area (Å²) in [6.45, 7) is 5.46. The second-order valence-electron chi connectivity index (χ2n) is 7.28. The van der Waals surface area contributed by atoms with E-state index >= 15 is 0 Å². The van der Waals surface area contributed by atoms with Gasteiger partial charge in [-0.25, -0.2) is 4.79 Å². The minimum absolute atomic E-state index is 0.0164. The van der Waals surface area contributed by atoms with Crippen LogP contribution < -0.4 is 11.1 Å². The highest BCUT2D eigenvalue weighted by molar-refractivity contribution is 5.68. The van der Waals surface area contributed by atoms with Gasteiger partial charge in [-0.2, -0.15) is 0 Å². The van der Waals surface area contributed by atoms with Crippen molar-refractivity contribution < 1.29 is 14.5 Å². The topological polar surface area (TPSA) is 107 Å². The van der Waals surface area contributed by atoms with Crippen LogP contribution in [0.2, 0.25) is 0 Å². The maximum absolute atomic E-state index is 11.9. The van der Waals surface area contributed by atoms with E-state index in [-0.39, 0.29) is 17.6 Å². The Balaban J connectivity index is 2.07. The van der Waals surface area contributed by atoms with Gasteiger partial charge >= 0.3 is 6.09 Å². The summed E-state index contributed by atoms with van der Waals surface area (Å²) in [5, 5.41) is 13.9.